The Morgan fingerprint density at radius 2 is 2.31 bits per heavy atom. The minimum Gasteiger partial charge on any atom is -0.497 e. The van der Waals surface area contributed by atoms with Crippen LogP contribution in [0.1, 0.15) is 5.56 Å². The molecular formula is C11H13BrO. The van der Waals surface area contributed by atoms with E-state index in [1.807, 2.05) is 18.2 Å². The van der Waals surface area contributed by atoms with E-state index in [4.69, 9.17) is 4.74 Å². The molecule has 0 radical (unpaired) electrons. The fourth-order valence-corrected chi connectivity index (χ4v) is 1.32. The predicted molar refractivity (Wildman–Crippen MR) is 59.6 cm³/mol. The number of rotatable bonds is 4. The van der Waals surface area contributed by atoms with Crippen LogP contribution in [0.25, 0.3) is 0 Å². The van der Waals surface area contributed by atoms with E-state index in [2.05, 4.69) is 28.6 Å². The van der Waals surface area contributed by atoms with Crippen LogP contribution >= 0.6 is 15.9 Å². The van der Waals surface area contributed by atoms with Crippen molar-refractivity contribution >= 4 is 15.9 Å². The SMILES string of the molecule is C=C(CBr)Cc1cccc(OC)c1. The Kier molecular flexibility index (Phi) is 4.03. The number of hydrogen-bond donors (Lipinski definition) is 0. The third-order valence-corrected chi connectivity index (χ3v) is 2.57. The zero-order valence-electron chi connectivity index (χ0n) is 7.72. The molecule has 0 atom stereocenters. The Morgan fingerprint density at radius 1 is 1.54 bits per heavy atom. The van der Waals surface area contributed by atoms with Crippen LogP contribution in [0.15, 0.2) is 36.4 Å². The molecule has 0 N–H and O–H groups in total. The first-order valence-corrected chi connectivity index (χ1v) is 5.24. The molecular weight excluding hydrogens is 228 g/mol. The molecule has 0 aromatic heterocycles. The first kappa shape index (κ1) is 10.3. The van der Waals surface area contributed by atoms with Crippen molar-refractivity contribution in [3.05, 3.63) is 42.0 Å². The van der Waals surface area contributed by atoms with Crippen LogP contribution in [0.2, 0.25) is 0 Å². The van der Waals surface area contributed by atoms with E-state index in [0.717, 1.165) is 17.5 Å². The molecule has 0 saturated heterocycles. The standard InChI is InChI=1S/C11H13BrO/c1-9(8-12)6-10-4-3-5-11(7-10)13-2/h3-5,7H,1,6,8H2,2H3. The van der Waals surface area contributed by atoms with Crippen molar-refractivity contribution in [1.82, 2.24) is 0 Å². The first-order valence-electron chi connectivity index (χ1n) is 4.12. The monoisotopic (exact) mass is 240 g/mol. The van der Waals surface area contributed by atoms with Crippen molar-refractivity contribution in [1.29, 1.82) is 0 Å². The highest BCUT2D eigenvalue weighted by Crippen LogP contribution is 2.15. The van der Waals surface area contributed by atoms with Gasteiger partial charge in [-0.1, -0.05) is 40.2 Å². The van der Waals surface area contributed by atoms with Gasteiger partial charge in [-0.15, -0.1) is 0 Å². The van der Waals surface area contributed by atoms with Gasteiger partial charge in [0.2, 0.25) is 0 Å². The molecule has 0 bridgehead atoms. The molecule has 0 fully saturated rings. The van der Waals surface area contributed by atoms with Gasteiger partial charge in [0.1, 0.15) is 5.75 Å². The maximum Gasteiger partial charge on any atom is 0.119 e. The van der Waals surface area contributed by atoms with Crippen LogP contribution < -0.4 is 4.74 Å². The van der Waals surface area contributed by atoms with Crippen LogP contribution in [0.4, 0.5) is 0 Å². The van der Waals surface area contributed by atoms with E-state index in [-0.39, 0.29) is 0 Å². The zero-order valence-corrected chi connectivity index (χ0v) is 9.30. The molecule has 0 saturated carbocycles. The summed E-state index contributed by atoms with van der Waals surface area (Å²) < 4.78 is 5.13. The maximum absolute atomic E-state index is 5.13. The Hall–Kier alpha value is -0.760. The second-order valence-electron chi connectivity index (χ2n) is 2.91. The van der Waals surface area contributed by atoms with E-state index in [1.165, 1.54) is 11.1 Å². The zero-order chi connectivity index (χ0) is 9.68. The molecule has 0 aliphatic carbocycles. The third-order valence-electron chi connectivity index (χ3n) is 1.78. The summed E-state index contributed by atoms with van der Waals surface area (Å²) in [6.07, 6.45) is 0.905. The Labute approximate surface area is 87.5 Å². The quantitative estimate of drug-likeness (QED) is 0.581. The van der Waals surface area contributed by atoms with Crippen LogP contribution in [-0.2, 0) is 6.42 Å². The van der Waals surface area contributed by atoms with Crippen molar-refractivity contribution in [2.45, 2.75) is 6.42 Å². The average molecular weight is 241 g/mol. The molecule has 2 heteroatoms. The molecule has 0 amide bonds. The number of benzene rings is 1. The van der Waals surface area contributed by atoms with E-state index >= 15 is 0 Å². The lowest BCUT2D eigenvalue weighted by atomic mass is 10.1. The smallest absolute Gasteiger partial charge is 0.119 e. The molecule has 1 aromatic rings. The molecule has 0 spiro atoms. The molecule has 1 aromatic carbocycles. The van der Waals surface area contributed by atoms with Gasteiger partial charge in [-0.05, 0) is 24.1 Å². The van der Waals surface area contributed by atoms with Gasteiger partial charge in [0.15, 0.2) is 0 Å². The van der Waals surface area contributed by atoms with E-state index < -0.39 is 0 Å². The topological polar surface area (TPSA) is 9.23 Å². The number of ether oxygens (including phenoxy) is 1. The second kappa shape index (κ2) is 5.07. The van der Waals surface area contributed by atoms with Gasteiger partial charge in [-0.3, -0.25) is 0 Å². The fourth-order valence-electron chi connectivity index (χ4n) is 1.12. The third kappa shape index (κ3) is 3.23. The van der Waals surface area contributed by atoms with Crippen LogP contribution in [0.3, 0.4) is 0 Å². The van der Waals surface area contributed by atoms with Crippen LogP contribution in [0, 0.1) is 0 Å². The summed E-state index contributed by atoms with van der Waals surface area (Å²) in [4.78, 5) is 0. The van der Waals surface area contributed by atoms with Gasteiger partial charge in [-0.2, -0.15) is 0 Å². The number of allylic oxidation sites excluding steroid dienone is 1. The molecule has 0 unspecified atom stereocenters. The van der Waals surface area contributed by atoms with Crippen LogP contribution in [-0.4, -0.2) is 12.4 Å². The van der Waals surface area contributed by atoms with Gasteiger partial charge in [0, 0.05) is 5.33 Å². The van der Waals surface area contributed by atoms with E-state index in [9.17, 15) is 0 Å². The summed E-state index contributed by atoms with van der Waals surface area (Å²) in [5.74, 6) is 0.903. The molecule has 0 aliphatic rings. The lowest BCUT2D eigenvalue weighted by Gasteiger charge is -2.04. The minimum atomic E-state index is 0.851. The minimum absolute atomic E-state index is 0.851. The fraction of sp³-hybridized carbons (Fsp3) is 0.273. The Bertz CT molecular complexity index is 294. The van der Waals surface area contributed by atoms with Gasteiger partial charge < -0.3 is 4.74 Å². The summed E-state index contributed by atoms with van der Waals surface area (Å²) in [5.41, 5.74) is 2.41. The van der Waals surface area contributed by atoms with Crippen molar-refractivity contribution in [2.24, 2.45) is 0 Å². The first-order chi connectivity index (χ1) is 6.26. The summed E-state index contributed by atoms with van der Waals surface area (Å²) in [6, 6.07) is 8.06. The van der Waals surface area contributed by atoms with Gasteiger partial charge in [0.05, 0.1) is 7.11 Å². The largest absolute Gasteiger partial charge is 0.497 e. The highest BCUT2D eigenvalue weighted by atomic mass is 79.9. The highest BCUT2D eigenvalue weighted by Gasteiger charge is 1.97. The van der Waals surface area contributed by atoms with Gasteiger partial charge in [0.25, 0.3) is 0 Å². The Balaban J connectivity index is 2.71. The normalized spacial score (nSPS) is 9.69. The molecule has 1 rings (SSSR count). The van der Waals surface area contributed by atoms with Gasteiger partial charge in [-0.25, -0.2) is 0 Å². The number of halogens is 1. The highest BCUT2D eigenvalue weighted by molar-refractivity contribution is 9.09. The summed E-state index contributed by atoms with van der Waals surface area (Å²) in [5, 5.41) is 0.851. The second-order valence-corrected chi connectivity index (χ2v) is 3.47. The van der Waals surface area contributed by atoms with Crippen molar-refractivity contribution in [3.63, 3.8) is 0 Å². The van der Waals surface area contributed by atoms with Crippen molar-refractivity contribution in [2.75, 3.05) is 12.4 Å². The van der Waals surface area contributed by atoms with E-state index in [0.29, 0.717) is 0 Å². The maximum atomic E-state index is 5.13. The van der Waals surface area contributed by atoms with Gasteiger partial charge >= 0.3 is 0 Å². The molecule has 13 heavy (non-hydrogen) atoms. The average Bonchev–Trinajstić information content (AvgIpc) is 2.18. The lowest BCUT2D eigenvalue weighted by Crippen LogP contribution is -1.91. The Morgan fingerprint density at radius 3 is 2.92 bits per heavy atom. The van der Waals surface area contributed by atoms with Crippen LogP contribution in [0.5, 0.6) is 5.75 Å². The summed E-state index contributed by atoms with van der Waals surface area (Å²) in [7, 11) is 1.68. The molecule has 70 valence electrons. The summed E-state index contributed by atoms with van der Waals surface area (Å²) in [6.45, 7) is 3.94. The number of methoxy groups -OCH3 is 1. The summed E-state index contributed by atoms with van der Waals surface area (Å²) >= 11 is 3.38. The molecule has 0 heterocycles. The molecule has 1 nitrogen and oxygen atoms in total. The van der Waals surface area contributed by atoms with Crippen molar-refractivity contribution < 1.29 is 4.74 Å². The predicted octanol–water partition coefficient (Wildman–Crippen LogP) is 3.19. The number of hydrogen-bond acceptors (Lipinski definition) is 1. The van der Waals surface area contributed by atoms with E-state index in [1.54, 1.807) is 7.11 Å². The molecule has 0 aliphatic heterocycles. The van der Waals surface area contributed by atoms with Crippen molar-refractivity contribution in [3.8, 4) is 5.75 Å². The lowest BCUT2D eigenvalue weighted by molar-refractivity contribution is 0.414. The number of alkyl halides is 1.